The van der Waals surface area contributed by atoms with Crippen LogP contribution in [0, 0.1) is 0 Å². The van der Waals surface area contributed by atoms with Crippen LogP contribution in [-0.2, 0) is 9.53 Å². The van der Waals surface area contributed by atoms with Gasteiger partial charge in [0, 0.05) is 7.00 Å². The molecule has 0 rings (SSSR count). The molecule has 0 bridgehead atoms. The van der Waals surface area contributed by atoms with Crippen molar-refractivity contribution in [2.24, 2.45) is 5.73 Å². The first-order chi connectivity index (χ1) is 5.57. The summed E-state index contributed by atoms with van der Waals surface area (Å²) in [5.41, 5.74) is 5.17. The van der Waals surface area contributed by atoms with Crippen LogP contribution in [0.4, 0.5) is 0 Å². The molecule has 0 aliphatic rings. The van der Waals surface area contributed by atoms with Gasteiger partial charge in [0.1, 0.15) is 5.76 Å². The van der Waals surface area contributed by atoms with E-state index in [9.17, 15) is 4.79 Å². The zero-order valence-electron chi connectivity index (χ0n) is 7.17. The number of carbonyl (C=O) groups excluding carboxylic acids is 1. The fraction of sp³-hybridized carbons (Fsp3) is 0.222. The van der Waals surface area contributed by atoms with Crippen LogP contribution in [0.2, 0.25) is 0 Å². The van der Waals surface area contributed by atoms with Crippen LogP contribution in [0.5, 0.6) is 0 Å². The van der Waals surface area contributed by atoms with Crippen molar-refractivity contribution < 1.29 is 11.0 Å². The molecule has 0 spiro atoms. The van der Waals surface area contributed by atoms with E-state index in [1.54, 1.807) is 6.08 Å². The predicted molar refractivity (Wildman–Crippen MR) is 50.4 cm³/mol. The van der Waals surface area contributed by atoms with Crippen LogP contribution in [0.1, 0.15) is 8.35 Å². The second kappa shape index (κ2) is 5.18. The van der Waals surface area contributed by atoms with Gasteiger partial charge in [-0.1, -0.05) is 13.2 Å². The number of rotatable bonds is 5. The topological polar surface area (TPSA) is 52.3 Å². The molecule has 0 saturated carbocycles. The highest BCUT2D eigenvalue weighted by Gasteiger charge is 1.94. The predicted octanol–water partition coefficient (Wildman–Crippen LogP) is 1.38. The third-order valence-corrected chi connectivity index (χ3v) is 1.12. The monoisotopic (exact) mass is 169 g/mol. The maximum atomic E-state index is 10.5. The molecule has 2 N–H and O–H groups in total. The van der Waals surface area contributed by atoms with E-state index < -0.39 is 5.91 Å². The molecular formula is C9H15NO2. The van der Waals surface area contributed by atoms with Gasteiger partial charge in [0.05, 0.1) is 6.61 Å². The van der Waals surface area contributed by atoms with Gasteiger partial charge in [-0.3, -0.25) is 4.79 Å². The molecule has 0 heterocycles. The molecule has 12 heavy (non-hydrogen) atoms. The van der Waals surface area contributed by atoms with Crippen LogP contribution in [0.25, 0.3) is 0 Å². The second-order valence-corrected chi connectivity index (χ2v) is 2.12. The number of carbonyl (C=O) groups is 1. The van der Waals surface area contributed by atoms with Gasteiger partial charge in [-0.15, -0.1) is 0 Å². The van der Waals surface area contributed by atoms with Crippen LogP contribution >= 0.6 is 0 Å². The van der Waals surface area contributed by atoms with Gasteiger partial charge in [0.15, 0.2) is 0 Å². The lowest BCUT2D eigenvalue weighted by atomic mass is 10.2. The molecule has 0 aliphatic carbocycles. The number of amides is 1. The lowest BCUT2D eigenvalue weighted by Gasteiger charge is -1.99. The maximum absolute atomic E-state index is 10.5. The Morgan fingerprint density at radius 1 is 1.58 bits per heavy atom. The van der Waals surface area contributed by atoms with Gasteiger partial charge in [-0.05, 0) is 19.1 Å². The van der Waals surface area contributed by atoms with E-state index in [0.717, 1.165) is 0 Å². The van der Waals surface area contributed by atoms with Crippen molar-refractivity contribution in [2.45, 2.75) is 6.92 Å². The summed E-state index contributed by atoms with van der Waals surface area (Å²) in [5.74, 6) is -0.0598. The highest BCUT2D eigenvalue weighted by atomic mass is 16.5. The van der Waals surface area contributed by atoms with Gasteiger partial charge >= 0.3 is 0 Å². The minimum Gasteiger partial charge on any atom is -0.495 e. The Kier molecular flexibility index (Phi) is 4.53. The average molecular weight is 169 g/mol. The van der Waals surface area contributed by atoms with Gasteiger partial charge < -0.3 is 10.5 Å². The Bertz CT molecular complexity index is 234. The first kappa shape index (κ1) is 10.5. The lowest BCUT2D eigenvalue weighted by molar-refractivity contribution is -0.114. The Hall–Kier alpha value is -1.51. The van der Waals surface area contributed by atoms with Crippen molar-refractivity contribution in [2.75, 3.05) is 6.61 Å². The van der Waals surface area contributed by atoms with E-state index in [1.807, 2.05) is 6.92 Å². The summed E-state index contributed by atoms with van der Waals surface area (Å²) in [7, 11) is 0. The smallest absolute Gasteiger partial charge is 0.248 e. The molecule has 0 radical (unpaired) electrons. The van der Waals surface area contributed by atoms with Gasteiger partial charge in [-0.2, -0.15) is 0 Å². The molecule has 0 aromatic heterocycles. The molecule has 0 unspecified atom stereocenters. The molecule has 3 nitrogen and oxygen atoms in total. The van der Waals surface area contributed by atoms with E-state index in [0.29, 0.717) is 12.4 Å². The molecule has 0 atom stereocenters. The molecule has 0 aromatic carbocycles. The van der Waals surface area contributed by atoms with Gasteiger partial charge in [0.2, 0.25) is 5.91 Å². The highest BCUT2D eigenvalue weighted by molar-refractivity contribution is 5.94. The van der Waals surface area contributed by atoms with Crippen molar-refractivity contribution in [1.82, 2.24) is 0 Å². The van der Waals surface area contributed by atoms with E-state index >= 15 is 0 Å². The summed E-state index contributed by atoms with van der Waals surface area (Å²) >= 11 is 0. The number of allylic oxidation sites excluding steroid dienone is 1. The van der Waals surface area contributed by atoms with Crippen molar-refractivity contribution in [3.63, 3.8) is 0 Å². The van der Waals surface area contributed by atoms with Gasteiger partial charge in [-0.25, -0.2) is 0 Å². The lowest BCUT2D eigenvalue weighted by Crippen LogP contribution is -2.11. The zero-order valence-corrected chi connectivity index (χ0v) is 7.17. The van der Waals surface area contributed by atoms with E-state index in [2.05, 4.69) is 13.2 Å². The summed E-state index contributed by atoms with van der Waals surface area (Å²) in [6, 6.07) is 0. The molecule has 68 valence electrons. The van der Waals surface area contributed by atoms with Crippen molar-refractivity contribution in [1.29, 1.82) is 0 Å². The molecule has 0 saturated heterocycles. The van der Waals surface area contributed by atoms with Crippen LogP contribution in [-0.4, -0.2) is 12.5 Å². The Morgan fingerprint density at radius 2 is 2.17 bits per heavy atom. The fourth-order valence-electron chi connectivity index (χ4n) is 0.509. The minimum atomic E-state index is -0.546. The summed E-state index contributed by atoms with van der Waals surface area (Å²) in [6.45, 7) is 9.40. The summed E-state index contributed by atoms with van der Waals surface area (Å²) in [4.78, 5) is 10.5. The zero-order chi connectivity index (χ0) is 9.56. The number of nitrogens with two attached hydrogens (primary N) is 1. The van der Waals surface area contributed by atoms with Crippen LogP contribution < -0.4 is 5.73 Å². The van der Waals surface area contributed by atoms with Crippen LogP contribution in [0.3, 0.4) is 0 Å². The van der Waals surface area contributed by atoms with E-state index in [-0.39, 0.29) is 7.00 Å². The normalized spacial score (nSPS) is 9.75. The number of ether oxygens (including phenoxy) is 1. The summed E-state index contributed by atoms with van der Waals surface area (Å²) in [5, 5.41) is 0. The van der Waals surface area contributed by atoms with Crippen molar-refractivity contribution >= 4 is 5.91 Å². The summed E-state index contributed by atoms with van der Waals surface area (Å²) in [6.07, 6.45) is 3.02. The quantitative estimate of drug-likeness (QED) is 0.384. The molecule has 1 amide bonds. The van der Waals surface area contributed by atoms with Crippen molar-refractivity contribution in [3.8, 4) is 0 Å². The molecular weight excluding hydrogens is 154 g/mol. The number of hydrogen-bond acceptors (Lipinski definition) is 2. The van der Waals surface area contributed by atoms with Crippen LogP contribution in [0.15, 0.2) is 36.6 Å². The van der Waals surface area contributed by atoms with E-state index in [1.165, 1.54) is 6.08 Å². The minimum absolute atomic E-state index is 0. The summed E-state index contributed by atoms with van der Waals surface area (Å²) < 4.78 is 5.00. The third-order valence-electron chi connectivity index (χ3n) is 1.12. The molecule has 0 aromatic rings. The third kappa shape index (κ3) is 4.33. The first-order valence-corrected chi connectivity index (χ1v) is 3.56. The number of primary amides is 1. The standard InChI is InChI=1S/C9H13NO2.H2/c1-4-12-8(3)6-5-7(2)9(10)11;/h5-6H,2-4H2,1H3,(H2,10,11);1H/b6-5-;. The molecule has 3 heteroatoms. The largest absolute Gasteiger partial charge is 0.495 e. The Morgan fingerprint density at radius 3 is 2.58 bits per heavy atom. The average Bonchev–Trinajstić information content (AvgIpc) is 2.00. The Labute approximate surface area is 73.7 Å². The SMILES string of the molecule is C=C(/C=C\C(=C)C(N)=O)OCC.[HH]. The highest BCUT2D eigenvalue weighted by Crippen LogP contribution is 1.98. The Balaban J connectivity index is 0. The maximum Gasteiger partial charge on any atom is 0.248 e. The van der Waals surface area contributed by atoms with Crippen molar-refractivity contribution in [3.05, 3.63) is 36.6 Å². The number of hydrogen-bond donors (Lipinski definition) is 1. The van der Waals surface area contributed by atoms with E-state index in [4.69, 9.17) is 10.5 Å². The fourth-order valence-corrected chi connectivity index (χ4v) is 0.509. The molecule has 0 aliphatic heterocycles. The first-order valence-electron chi connectivity index (χ1n) is 3.56. The molecule has 0 fully saturated rings. The second-order valence-electron chi connectivity index (χ2n) is 2.12. The van der Waals surface area contributed by atoms with Gasteiger partial charge in [0.25, 0.3) is 0 Å².